The van der Waals surface area contributed by atoms with Crippen LogP contribution in [0, 0.1) is 5.82 Å². The number of nitrogens with zero attached hydrogens (tertiary/aromatic N) is 2. The first-order valence-corrected chi connectivity index (χ1v) is 11.5. The molecule has 2 N–H and O–H groups in total. The van der Waals surface area contributed by atoms with Gasteiger partial charge in [0.2, 0.25) is 0 Å². The van der Waals surface area contributed by atoms with E-state index in [0.717, 1.165) is 37.4 Å². The predicted molar refractivity (Wildman–Crippen MR) is 126 cm³/mol. The summed E-state index contributed by atoms with van der Waals surface area (Å²) in [7, 11) is 0. The normalized spacial score (nSPS) is 20.7. The lowest BCUT2D eigenvalue weighted by Gasteiger charge is -2.34. The Labute approximate surface area is 184 Å². The van der Waals surface area contributed by atoms with Crippen molar-refractivity contribution in [3.63, 3.8) is 0 Å². The average molecular weight is 427 g/mol. The van der Waals surface area contributed by atoms with Crippen molar-refractivity contribution < 1.29 is 4.39 Å². The lowest BCUT2D eigenvalue weighted by Crippen LogP contribution is -2.40. The average Bonchev–Trinajstić information content (AvgIpc) is 3.24. The molecule has 30 heavy (non-hydrogen) atoms. The van der Waals surface area contributed by atoms with E-state index in [2.05, 4.69) is 33.5 Å². The summed E-state index contributed by atoms with van der Waals surface area (Å²) < 4.78 is 13.4. The fourth-order valence-corrected chi connectivity index (χ4v) is 5.11. The van der Waals surface area contributed by atoms with Crippen molar-refractivity contribution in [3.05, 3.63) is 54.0 Å². The summed E-state index contributed by atoms with van der Waals surface area (Å²) in [5.74, 6) is 0.847. The van der Waals surface area contributed by atoms with Gasteiger partial charge in [-0.1, -0.05) is 25.0 Å². The third kappa shape index (κ3) is 4.75. The van der Waals surface area contributed by atoms with E-state index in [1.807, 2.05) is 24.4 Å². The molecule has 1 saturated heterocycles. The van der Waals surface area contributed by atoms with Gasteiger partial charge in [-0.3, -0.25) is 0 Å². The summed E-state index contributed by atoms with van der Waals surface area (Å²) in [5.41, 5.74) is 2.10. The molecule has 2 aliphatic rings. The molecule has 2 aromatic rings. The minimum absolute atomic E-state index is 0.0198. The Morgan fingerprint density at radius 2 is 1.90 bits per heavy atom. The van der Waals surface area contributed by atoms with Crippen LogP contribution in [-0.2, 0) is 5.41 Å². The molecule has 1 atom stereocenters. The molecule has 1 aliphatic heterocycles. The molecule has 6 heteroatoms. The standard InChI is InChI=1S/C24H31FN4S/c1-18-6-2-5-15-29(18)22-12-11-21(16-26-22)28-23(30)27-17-24(13-3-4-14-24)19-7-9-20(25)10-8-19/h7-12,16,18H,2-6,13-15,17H2,1H3,(H2,27,28,30). The van der Waals surface area contributed by atoms with Crippen LogP contribution in [0.25, 0.3) is 0 Å². The van der Waals surface area contributed by atoms with Crippen molar-refractivity contribution >= 4 is 28.8 Å². The second-order valence-corrected chi connectivity index (χ2v) is 9.15. The van der Waals surface area contributed by atoms with Crippen molar-refractivity contribution in [1.82, 2.24) is 10.3 Å². The van der Waals surface area contributed by atoms with Gasteiger partial charge < -0.3 is 15.5 Å². The molecule has 2 fully saturated rings. The number of piperidine rings is 1. The minimum atomic E-state index is -0.188. The van der Waals surface area contributed by atoms with E-state index in [-0.39, 0.29) is 11.2 Å². The van der Waals surface area contributed by atoms with Gasteiger partial charge in [0.1, 0.15) is 11.6 Å². The highest BCUT2D eigenvalue weighted by molar-refractivity contribution is 7.80. The first-order chi connectivity index (χ1) is 14.6. The summed E-state index contributed by atoms with van der Waals surface area (Å²) in [6, 6.07) is 11.6. The Balaban J connectivity index is 1.35. The molecule has 160 valence electrons. The molecule has 4 nitrogen and oxygen atoms in total. The molecule has 0 bridgehead atoms. The highest BCUT2D eigenvalue weighted by Gasteiger charge is 2.35. The molecule has 1 aromatic heterocycles. The van der Waals surface area contributed by atoms with E-state index in [1.165, 1.54) is 37.7 Å². The van der Waals surface area contributed by atoms with E-state index in [0.29, 0.717) is 11.2 Å². The number of hydrogen-bond acceptors (Lipinski definition) is 3. The van der Waals surface area contributed by atoms with E-state index in [9.17, 15) is 4.39 Å². The molecule has 4 rings (SSSR count). The summed E-state index contributed by atoms with van der Waals surface area (Å²) in [5, 5.41) is 7.27. The second-order valence-electron chi connectivity index (χ2n) is 8.75. The fraction of sp³-hybridized carbons (Fsp3) is 0.500. The smallest absolute Gasteiger partial charge is 0.170 e. The molecular formula is C24H31FN4S. The van der Waals surface area contributed by atoms with Crippen LogP contribution in [-0.4, -0.2) is 29.2 Å². The summed E-state index contributed by atoms with van der Waals surface area (Å²) >= 11 is 5.55. The predicted octanol–water partition coefficient (Wildman–Crippen LogP) is 5.40. The van der Waals surface area contributed by atoms with Crippen LogP contribution in [0.3, 0.4) is 0 Å². The highest BCUT2D eigenvalue weighted by atomic mass is 32.1. The third-order valence-corrected chi connectivity index (χ3v) is 6.95. The zero-order valence-electron chi connectivity index (χ0n) is 17.7. The monoisotopic (exact) mass is 426 g/mol. The molecule has 1 aliphatic carbocycles. The van der Waals surface area contributed by atoms with Crippen LogP contribution in [0.1, 0.15) is 57.4 Å². The van der Waals surface area contributed by atoms with Gasteiger partial charge in [-0.15, -0.1) is 0 Å². The van der Waals surface area contributed by atoms with Gasteiger partial charge in [0.05, 0.1) is 11.9 Å². The van der Waals surface area contributed by atoms with Gasteiger partial charge in [0.25, 0.3) is 0 Å². The van der Waals surface area contributed by atoms with Crippen LogP contribution in [0.4, 0.5) is 15.9 Å². The van der Waals surface area contributed by atoms with Gasteiger partial charge >= 0.3 is 0 Å². The molecular weight excluding hydrogens is 395 g/mol. The maximum absolute atomic E-state index is 13.4. The highest BCUT2D eigenvalue weighted by Crippen LogP contribution is 2.40. The third-order valence-electron chi connectivity index (χ3n) is 6.71. The summed E-state index contributed by atoms with van der Waals surface area (Å²) in [6.07, 6.45) is 10.2. The van der Waals surface area contributed by atoms with Crippen molar-refractivity contribution in [2.75, 3.05) is 23.3 Å². The van der Waals surface area contributed by atoms with Crippen molar-refractivity contribution in [3.8, 4) is 0 Å². The van der Waals surface area contributed by atoms with E-state index in [4.69, 9.17) is 12.2 Å². The number of benzene rings is 1. The van der Waals surface area contributed by atoms with Gasteiger partial charge in [-0.2, -0.15) is 0 Å². The number of nitrogens with one attached hydrogen (secondary N) is 2. The number of halogens is 1. The molecule has 0 radical (unpaired) electrons. The Hall–Kier alpha value is -2.21. The second kappa shape index (κ2) is 9.29. The molecule has 2 heterocycles. The Bertz CT molecular complexity index is 847. The largest absolute Gasteiger partial charge is 0.362 e. The molecule has 1 unspecified atom stereocenters. The Kier molecular flexibility index (Phi) is 6.52. The van der Waals surface area contributed by atoms with Gasteiger partial charge in [-0.05, 0) is 81.1 Å². The van der Waals surface area contributed by atoms with Gasteiger partial charge in [0, 0.05) is 24.5 Å². The first-order valence-electron chi connectivity index (χ1n) is 11.1. The zero-order valence-corrected chi connectivity index (χ0v) is 18.5. The van der Waals surface area contributed by atoms with Gasteiger partial charge in [0.15, 0.2) is 5.11 Å². The molecule has 1 saturated carbocycles. The quantitative estimate of drug-likeness (QED) is 0.627. The maximum Gasteiger partial charge on any atom is 0.170 e. The lowest BCUT2D eigenvalue weighted by molar-refractivity contribution is 0.434. The van der Waals surface area contributed by atoms with E-state index < -0.39 is 0 Å². The van der Waals surface area contributed by atoms with Gasteiger partial charge in [-0.25, -0.2) is 9.37 Å². The Morgan fingerprint density at radius 3 is 2.57 bits per heavy atom. The topological polar surface area (TPSA) is 40.2 Å². The van der Waals surface area contributed by atoms with Crippen molar-refractivity contribution in [2.45, 2.75) is 63.3 Å². The number of rotatable bonds is 5. The maximum atomic E-state index is 13.4. The SMILES string of the molecule is CC1CCCCN1c1ccc(NC(=S)NCC2(c3ccc(F)cc3)CCCC2)cn1. The zero-order chi connectivity index (χ0) is 21.0. The number of thiocarbonyl (C=S) groups is 1. The minimum Gasteiger partial charge on any atom is -0.362 e. The fourth-order valence-electron chi connectivity index (χ4n) is 4.92. The molecule has 0 spiro atoms. The van der Waals surface area contributed by atoms with E-state index in [1.54, 1.807) is 12.1 Å². The van der Waals surface area contributed by atoms with E-state index >= 15 is 0 Å². The molecule has 1 aromatic carbocycles. The van der Waals surface area contributed by atoms with Crippen molar-refractivity contribution in [2.24, 2.45) is 0 Å². The summed E-state index contributed by atoms with van der Waals surface area (Å²) in [4.78, 5) is 7.04. The van der Waals surface area contributed by atoms with Crippen LogP contribution < -0.4 is 15.5 Å². The summed E-state index contributed by atoms with van der Waals surface area (Å²) in [6.45, 7) is 4.10. The Morgan fingerprint density at radius 1 is 1.13 bits per heavy atom. The van der Waals surface area contributed by atoms with Crippen LogP contribution in [0.15, 0.2) is 42.6 Å². The number of pyridine rings is 1. The van der Waals surface area contributed by atoms with Crippen LogP contribution in [0.5, 0.6) is 0 Å². The number of aromatic nitrogens is 1. The van der Waals surface area contributed by atoms with Crippen LogP contribution in [0.2, 0.25) is 0 Å². The van der Waals surface area contributed by atoms with Crippen LogP contribution >= 0.6 is 12.2 Å². The number of hydrogen-bond donors (Lipinski definition) is 2. The lowest BCUT2D eigenvalue weighted by atomic mass is 9.79. The van der Waals surface area contributed by atoms with Crippen molar-refractivity contribution in [1.29, 1.82) is 0 Å². The number of anilines is 2. The first kappa shape index (κ1) is 21.0. The molecule has 0 amide bonds.